The Morgan fingerprint density at radius 1 is 1.11 bits per heavy atom. The second-order valence-corrected chi connectivity index (χ2v) is 3.94. The van der Waals surface area contributed by atoms with Crippen LogP contribution in [0.4, 0.5) is 0 Å². The van der Waals surface area contributed by atoms with Crippen LogP contribution in [-0.4, -0.2) is 21.7 Å². The molecule has 0 bridgehead atoms. The molecule has 0 saturated carbocycles. The Morgan fingerprint density at radius 3 is 2.32 bits per heavy atom. The highest BCUT2D eigenvalue weighted by Crippen LogP contribution is 2.19. The molecule has 2 aromatic heterocycles. The Labute approximate surface area is 110 Å². The summed E-state index contributed by atoms with van der Waals surface area (Å²) in [7, 11) is 0. The van der Waals surface area contributed by atoms with E-state index >= 15 is 0 Å². The van der Waals surface area contributed by atoms with Gasteiger partial charge in [-0.1, -0.05) is 6.07 Å². The molecule has 0 amide bonds. The molecule has 0 radical (unpaired) electrons. The summed E-state index contributed by atoms with van der Waals surface area (Å²) in [6.45, 7) is 1.35. The quantitative estimate of drug-likeness (QED) is 0.615. The molecule has 0 aliphatic heterocycles. The predicted octanol–water partition coefficient (Wildman–Crippen LogP) is 1.75. The molecule has 2 aromatic rings. The molecule has 0 fully saturated rings. The summed E-state index contributed by atoms with van der Waals surface area (Å²) in [4.78, 5) is 31.4. The number of rotatable bonds is 4. The number of Topliss-reactive ketones (excluding diaryl/α,β-unsaturated/α-hetero) is 1. The van der Waals surface area contributed by atoms with E-state index in [-0.39, 0.29) is 5.78 Å². The van der Waals surface area contributed by atoms with Crippen molar-refractivity contribution in [2.45, 2.75) is 12.8 Å². The van der Waals surface area contributed by atoms with Crippen LogP contribution in [0.25, 0.3) is 0 Å². The van der Waals surface area contributed by atoms with Gasteiger partial charge >= 0.3 is 5.97 Å². The van der Waals surface area contributed by atoms with Crippen molar-refractivity contribution in [3.8, 4) is 5.75 Å². The third-order valence-corrected chi connectivity index (χ3v) is 2.51. The van der Waals surface area contributed by atoms with Crippen molar-refractivity contribution in [1.29, 1.82) is 0 Å². The monoisotopic (exact) mass is 256 g/mol. The van der Waals surface area contributed by atoms with Gasteiger partial charge in [-0.05, 0) is 30.7 Å². The average molecular weight is 256 g/mol. The third-order valence-electron chi connectivity index (χ3n) is 2.51. The molecule has 0 aromatic carbocycles. The lowest BCUT2D eigenvalue weighted by atomic mass is 9.97. The van der Waals surface area contributed by atoms with E-state index in [0.717, 1.165) is 0 Å². The highest BCUT2D eigenvalue weighted by atomic mass is 16.5. The van der Waals surface area contributed by atoms with Gasteiger partial charge in [0.1, 0.15) is 17.5 Å². The van der Waals surface area contributed by atoms with Gasteiger partial charge in [-0.25, -0.2) is 0 Å². The van der Waals surface area contributed by atoms with Crippen LogP contribution in [0.5, 0.6) is 5.75 Å². The molecular weight excluding hydrogens is 244 g/mol. The van der Waals surface area contributed by atoms with Crippen molar-refractivity contribution < 1.29 is 14.3 Å². The van der Waals surface area contributed by atoms with E-state index in [1.54, 1.807) is 36.7 Å². The number of hydrogen-bond donors (Lipinski definition) is 0. The fourth-order valence-corrected chi connectivity index (χ4v) is 1.67. The minimum Gasteiger partial charge on any atom is -0.424 e. The van der Waals surface area contributed by atoms with Crippen LogP contribution >= 0.6 is 0 Å². The lowest BCUT2D eigenvalue weighted by Crippen LogP contribution is -2.24. The van der Waals surface area contributed by atoms with Gasteiger partial charge in [-0.3, -0.25) is 19.6 Å². The summed E-state index contributed by atoms with van der Waals surface area (Å²) < 4.78 is 5.14. The van der Waals surface area contributed by atoms with Gasteiger partial charge in [0, 0.05) is 18.6 Å². The molecule has 5 heteroatoms. The number of aromatic nitrogens is 2. The summed E-state index contributed by atoms with van der Waals surface area (Å²) in [6, 6.07) is 6.59. The topological polar surface area (TPSA) is 69.2 Å². The number of ketones is 1. The Bertz CT molecular complexity index is 570. The smallest absolute Gasteiger partial charge is 0.326 e. The molecular formula is C14H12N2O3. The van der Waals surface area contributed by atoms with E-state index in [0.29, 0.717) is 11.3 Å². The van der Waals surface area contributed by atoms with Crippen LogP contribution in [0.3, 0.4) is 0 Å². The number of carbonyl (C=O) groups excluding carboxylic acids is 2. The first-order valence-corrected chi connectivity index (χ1v) is 5.70. The van der Waals surface area contributed by atoms with Crippen molar-refractivity contribution in [2.24, 2.45) is 0 Å². The number of esters is 1. The zero-order valence-electron chi connectivity index (χ0n) is 10.3. The van der Waals surface area contributed by atoms with Crippen LogP contribution in [0.15, 0.2) is 49.1 Å². The zero-order chi connectivity index (χ0) is 13.7. The standard InChI is InChI=1S/C14H12N2O3/c1-10(17)13(11-4-2-6-15-8-11)14(18)19-12-5-3-7-16-9-12/h2-9,13H,1H3. The number of nitrogens with zero attached hydrogens (tertiary/aromatic N) is 2. The number of ether oxygens (including phenoxy) is 1. The Morgan fingerprint density at radius 2 is 1.79 bits per heavy atom. The normalized spacial score (nSPS) is 11.6. The second-order valence-electron chi connectivity index (χ2n) is 3.94. The third kappa shape index (κ3) is 3.22. The molecule has 0 N–H and O–H groups in total. The van der Waals surface area contributed by atoms with Gasteiger partial charge in [0.2, 0.25) is 0 Å². The molecule has 0 aliphatic carbocycles. The van der Waals surface area contributed by atoms with E-state index in [1.165, 1.54) is 19.3 Å². The minimum absolute atomic E-state index is 0.290. The number of hydrogen-bond acceptors (Lipinski definition) is 5. The molecule has 1 atom stereocenters. The molecule has 2 heterocycles. The van der Waals surface area contributed by atoms with Gasteiger partial charge in [0.15, 0.2) is 0 Å². The lowest BCUT2D eigenvalue weighted by molar-refractivity contribution is -0.139. The largest absolute Gasteiger partial charge is 0.424 e. The van der Waals surface area contributed by atoms with E-state index in [2.05, 4.69) is 9.97 Å². The van der Waals surface area contributed by atoms with Gasteiger partial charge < -0.3 is 4.74 Å². The first-order chi connectivity index (χ1) is 9.18. The van der Waals surface area contributed by atoms with Gasteiger partial charge in [0.25, 0.3) is 0 Å². The van der Waals surface area contributed by atoms with E-state index in [9.17, 15) is 9.59 Å². The molecule has 96 valence electrons. The van der Waals surface area contributed by atoms with Crippen molar-refractivity contribution in [2.75, 3.05) is 0 Å². The van der Waals surface area contributed by atoms with Crippen LogP contribution < -0.4 is 4.74 Å². The minimum atomic E-state index is -0.964. The highest BCUT2D eigenvalue weighted by molar-refractivity contribution is 6.03. The molecule has 0 spiro atoms. The van der Waals surface area contributed by atoms with Gasteiger partial charge in [-0.15, -0.1) is 0 Å². The van der Waals surface area contributed by atoms with Gasteiger partial charge in [-0.2, -0.15) is 0 Å². The number of pyridine rings is 2. The average Bonchev–Trinajstić information content (AvgIpc) is 2.40. The molecule has 1 unspecified atom stereocenters. The summed E-state index contributed by atoms with van der Waals surface area (Å²) in [5.41, 5.74) is 0.517. The Hall–Kier alpha value is -2.56. The molecule has 5 nitrogen and oxygen atoms in total. The summed E-state index contributed by atoms with van der Waals surface area (Å²) >= 11 is 0. The molecule has 19 heavy (non-hydrogen) atoms. The maximum Gasteiger partial charge on any atom is 0.326 e. The first kappa shape index (κ1) is 12.9. The van der Waals surface area contributed by atoms with Crippen LogP contribution in [0, 0.1) is 0 Å². The fourth-order valence-electron chi connectivity index (χ4n) is 1.67. The maximum atomic E-state index is 12.1. The lowest BCUT2D eigenvalue weighted by Gasteiger charge is -2.12. The fraction of sp³-hybridized carbons (Fsp3) is 0.143. The first-order valence-electron chi connectivity index (χ1n) is 5.70. The summed E-state index contributed by atoms with van der Waals surface area (Å²) in [5, 5.41) is 0. The Balaban J connectivity index is 2.21. The highest BCUT2D eigenvalue weighted by Gasteiger charge is 2.27. The van der Waals surface area contributed by atoms with Crippen molar-refractivity contribution >= 4 is 11.8 Å². The molecule has 0 aliphatic rings. The molecule has 2 rings (SSSR count). The second kappa shape index (κ2) is 5.86. The Kier molecular flexibility index (Phi) is 3.97. The summed E-state index contributed by atoms with van der Waals surface area (Å²) in [5.74, 6) is -1.58. The SMILES string of the molecule is CC(=O)C(C(=O)Oc1cccnc1)c1cccnc1. The van der Waals surface area contributed by atoms with E-state index in [1.807, 2.05) is 0 Å². The van der Waals surface area contributed by atoms with Crippen LogP contribution in [0.1, 0.15) is 18.4 Å². The van der Waals surface area contributed by atoms with Crippen molar-refractivity contribution in [3.05, 3.63) is 54.6 Å². The summed E-state index contributed by atoms with van der Waals surface area (Å²) in [6.07, 6.45) is 6.04. The zero-order valence-corrected chi connectivity index (χ0v) is 10.3. The van der Waals surface area contributed by atoms with E-state index < -0.39 is 11.9 Å². The van der Waals surface area contributed by atoms with Crippen LogP contribution in [-0.2, 0) is 9.59 Å². The van der Waals surface area contributed by atoms with E-state index in [4.69, 9.17) is 4.74 Å². The maximum absolute atomic E-state index is 12.1. The number of carbonyl (C=O) groups is 2. The van der Waals surface area contributed by atoms with Crippen LogP contribution in [0.2, 0.25) is 0 Å². The van der Waals surface area contributed by atoms with Crippen molar-refractivity contribution in [1.82, 2.24) is 9.97 Å². The van der Waals surface area contributed by atoms with Crippen molar-refractivity contribution in [3.63, 3.8) is 0 Å². The molecule has 0 saturated heterocycles. The van der Waals surface area contributed by atoms with Gasteiger partial charge in [0.05, 0.1) is 6.20 Å². The predicted molar refractivity (Wildman–Crippen MR) is 67.5 cm³/mol.